The van der Waals surface area contributed by atoms with Gasteiger partial charge in [0.25, 0.3) is 0 Å². The summed E-state index contributed by atoms with van der Waals surface area (Å²) in [5.74, 6) is 0. The monoisotopic (exact) mass is 169 g/mol. The fourth-order valence-corrected chi connectivity index (χ4v) is 0.952. The molecule has 0 unspecified atom stereocenters. The molecule has 58 valence electrons. The molecule has 3 heteroatoms. The molecule has 0 bridgehead atoms. The Balaban J connectivity index is 3.12. The zero-order valence-electron chi connectivity index (χ0n) is 6.10. The lowest BCUT2D eigenvalue weighted by molar-refractivity contribution is 0.112. The molecule has 0 fully saturated rings. The highest BCUT2D eigenvalue weighted by molar-refractivity contribution is 6.33. The van der Waals surface area contributed by atoms with Crippen LogP contribution in [0.1, 0.15) is 10.4 Å². The Bertz CT molecular complexity index is 273. The summed E-state index contributed by atoms with van der Waals surface area (Å²) in [6.07, 6.45) is 0.739. The molecule has 1 aromatic carbocycles. The van der Waals surface area contributed by atoms with Gasteiger partial charge in [0.05, 0.1) is 5.02 Å². The largest absolute Gasteiger partial charge is 0.388 e. The zero-order valence-corrected chi connectivity index (χ0v) is 6.85. The molecule has 11 heavy (non-hydrogen) atoms. The van der Waals surface area contributed by atoms with E-state index in [1.807, 2.05) is 6.07 Å². The van der Waals surface area contributed by atoms with E-state index in [1.165, 1.54) is 0 Å². The van der Waals surface area contributed by atoms with Gasteiger partial charge in [-0.15, -0.1) is 0 Å². The van der Waals surface area contributed by atoms with E-state index in [-0.39, 0.29) is 0 Å². The topological polar surface area (TPSA) is 29.1 Å². The maximum absolute atomic E-state index is 10.4. The van der Waals surface area contributed by atoms with E-state index in [2.05, 4.69) is 5.32 Å². The summed E-state index contributed by atoms with van der Waals surface area (Å²) in [6, 6.07) is 5.21. The van der Waals surface area contributed by atoms with Crippen molar-refractivity contribution in [1.29, 1.82) is 0 Å². The second kappa shape index (κ2) is 3.39. The molecule has 1 N–H and O–H groups in total. The minimum atomic E-state index is 0.485. The number of benzene rings is 1. The molecule has 0 saturated heterocycles. The van der Waals surface area contributed by atoms with Crippen molar-refractivity contribution >= 4 is 23.6 Å². The van der Waals surface area contributed by atoms with Gasteiger partial charge in [-0.25, -0.2) is 0 Å². The smallest absolute Gasteiger partial charge is 0.151 e. The van der Waals surface area contributed by atoms with E-state index >= 15 is 0 Å². The Morgan fingerprint density at radius 1 is 1.55 bits per heavy atom. The van der Waals surface area contributed by atoms with Crippen LogP contribution in [0.15, 0.2) is 18.2 Å². The highest BCUT2D eigenvalue weighted by Gasteiger charge is 1.98. The van der Waals surface area contributed by atoms with Gasteiger partial charge in [0.1, 0.15) is 0 Å². The van der Waals surface area contributed by atoms with Gasteiger partial charge >= 0.3 is 0 Å². The second-order valence-electron chi connectivity index (χ2n) is 2.10. The van der Waals surface area contributed by atoms with Crippen LogP contribution in [0.4, 0.5) is 5.69 Å². The summed E-state index contributed by atoms with van der Waals surface area (Å²) in [7, 11) is 1.79. The van der Waals surface area contributed by atoms with Crippen LogP contribution in [0.2, 0.25) is 5.02 Å². The predicted molar refractivity (Wildman–Crippen MR) is 46.4 cm³/mol. The van der Waals surface area contributed by atoms with Crippen molar-refractivity contribution in [1.82, 2.24) is 0 Å². The van der Waals surface area contributed by atoms with Crippen molar-refractivity contribution in [3.63, 3.8) is 0 Å². The summed E-state index contributed by atoms with van der Waals surface area (Å²) in [5.41, 5.74) is 1.40. The maximum Gasteiger partial charge on any atom is 0.151 e. The van der Waals surface area contributed by atoms with Gasteiger partial charge in [0, 0.05) is 18.3 Å². The van der Waals surface area contributed by atoms with Gasteiger partial charge in [0.2, 0.25) is 0 Å². The van der Waals surface area contributed by atoms with Gasteiger partial charge in [0.15, 0.2) is 6.29 Å². The number of carbonyl (C=O) groups is 1. The first-order chi connectivity index (χ1) is 5.27. The van der Waals surface area contributed by atoms with Crippen LogP contribution in [0.5, 0.6) is 0 Å². The van der Waals surface area contributed by atoms with Crippen molar-refractivity contribution < 1.29 is 4.79 Å². The molecular weight excluding hydrogens is 162 g/mol. The molecule has 0 spiro atoms. The Morgan fingerprint density at radius 3 is 2.82 bits per heavy atom. The van der Waals surface area contributed by atoms with Crippen molar-refractivity contribution in [2.75, 3.05) is 12.4 Å². The molecule has 1 aromatic rings. The summed E-state index contributed by atoms with van der Waals surface area (Å²) in [5, 5.41) is 3.40. The van der Waals surface area contributed by atoms with Crippen LogP contribution in [0.25, 0.3) is 0 Å². The van der Waals surface area contributed by atoms with Crippen LogP contribution in [0.3, 0.4) is 0 Å². The molecule has 0 aliphatic rings. The number of hydrogen-bond donors (Lipinski definition) is 1. The minimum absolute atomic E-state index is 0.485. The number of hydrogen-bond acceptors (Lipinski definition) is 2. The standard InChI is InChI=1S/C8H8ClNO/c1-10-7-2-3-8(9)6(4-7)5-11/h2-5,10H,1H3. The fraction of sp³-hybridized carbons (Fsp3) is 0.125. The summed E-state index contributed by atoms with van der Waals surface area (Å²) >= 11 is 5.69. The van der Waals surface area contributed by atoms with E-state index in [0.717, 1.165) is 12.0 Å². The first-order valence-electron chi connectivity index (χ1n) is 3.20. The number of aldehydes is 1. The highest BCUT2D eigenvalue weighted by Crippen LogP contribution is 2.18. The Kier molecular flexibility index (Phi) is 2.49. The molecule has 0 atom stereocenters. The maximum atomic E-state index is 10.4. The average Bonchev–Trinajstić information content (AvgIpc) is 2.05. The first kappa shape index (κ1) is 8.08. The molecule has 0 saturated carbocycles. The van der Waals surface area contributed by atoms with Crippen molar-refractivity contribution in [2.45, 2.75) is 0 Å². The summed E-state index contributed by atoms with van der Waals surface area (Å²) < 4.78 is 0. The zero-order chi connectivity index (χ0) is 8.27. The van der Waals surface area contributed by atoms with Crippen LogP contribution < -0.4 is 5.32 Å². The van der Waals surface area contributed by atoms with Gasteiger partial charge in [-0.1, -0.05) is 11.6 Å². The minimum Gasteiger partial charge on any atom is -0.388 e. The molecule has 0 aliphatic heterocycles. The van der Waals surface area contributed by atoms with E-state index < -0.39 is 0 Å². The summed E-state index contributed by atoms with van der Waals surface area (Å²) in [6.45, 7) is 0. The Morgan fingerprint density at radius 2 is 2.27 bits per heavy atom. The van der Waals surface area contributed by atoms with E-state index in [9.17, 15) is 4.79 Å². The van der Waals surface area contributed by atoms with Gasteiger partial charge in [-0.3, -0.25) is 4.79 Å². The number of anilines is 1. The van der Waals surface area contributed by atoms with E-state index in [4.69, 9.17) is 11.6 Å². The molecule has 0 radical (unpaired) electrons. The third-order valence-electron chi connectivity index (χ3n) is 1.41. The fourth-order valence-electron chi connectivity index (χ4n) is 0.790. The lowest BCUT2D eigenvalue weighted by Gasteiger charge is -2.00. The van der Waals surface area contributed by atoms with Crippen molar-refractivity contribution in [3.05, 3.63) is 28.8 Å². The average molecular weight is 170 g/mol. The first-order valence-corrected chi connectivity index (χ1v) is 3.58. The molecule has 0 amide bonds. The predicted octanol–water partition coefficient (Wildman–Crippen LogP) is 2.19. The number of rotatable bonds is 2. The summed E-state index contributed by atoms with van der Waals surface area (Å²) in [4.78, 5) is 10.4. The number of carbonyl (C=O) groups excluding carboxylic acids is 1. The molecule has 0 heterocycles. The Hall–Kier alpha value is -1.02. The van der Waals surface area contributed by atoms with Crippen LogP contribution >= 0.6 is 11.6 Å². The van der Waals surface area contributed by atoms with Gasteiger partial charge in [-0.05, 0) is 18.2 Å². The molecule has 0 aromatic heterocycles. The van der Waals surface area contributed by atoms with Crippen molar-refractivity contribution in [2.24, 2.45) is 0 Å². The lowest BCUT2D eigenvalue weighted by Crippen LogP contribution is -1.89. The van der Waals surface area contributed by atoms with Crippen molar-refractivity contribution in [3.8, 4) is 0 Å². The molecule has 1 rings (SSSR count). The SMILES string of the molecule is CNc1ccc(Cl)c(C=O)c1. The van der Waals surface area contributed by atoms with Crippen LogP contribution in [0, 0.1) is 0 Å². The van der Waals surface area contributed by atoms with Gasteiger partial charge < -0.3 is 5.32 Å². The van der Waals surface area contributed by atoms with E-state index in [1.54, 1.807) is 19.2 Å². The molecule has 2 nitrogen and oxygen atoms in total. The lowest BCUT2D eigenvalue weighted by atomic mass is 10.2. The van der Waals surface area contributed by atoms with Crippen LogP contribution in [-0.4, -0.2) is 13.3 Å². The second-order valence-corrected chi connectivity index (χ2v) is 2.51. The normalized spacial score (nSPS) is 9.27. The number of halogens is 1. The van der Waals surface area contributed by atoms with Crippen LogP contribution in [-0.2, 0) is 0 Å². The van der Waals surface area contributed by atoms with E-state index in [0.29, 0.717) is 10.6 Å². The number of nitrogens with one attached hydrogen (secondary N) is 1. The molecular formula is C8H8ClNO. The highest BCUT2D eigenvalue weighted by atomic mass is 35.5. The third kappa shape index (κ3) is 1.71. The molecule has 0 aliphatic carbocycles. The quantitative estimate of drug-likeness (QED) is 0.688. The Labute approximate surface area is 70.2 Å². The van der Waals surface area contributed by atoms with Gasteiger partial charge in [-0.2, -0.15) is 0 Å². The third-order valence-corrected chi connectivity index (χ3v) is 1.76.